The van der Waals surface area contributed by atoms with Gasteiger partial charge in [-0.1, -0.05) is 29.8 Å². The molecule has 0 amide bonds. The molecular weight excluding hydrogens is 286 g/mol. The molecule has 0 aromatic heterocycles. The average molecular weight is 306 g/mol. The minimum Gasteiger partial charge on any atom is -0.504 e. The first-order valence-corrected chi connectivity index (χ1v) is 7.30. The predicted molar refractivity (Wildman–Crippen MR) is 87.6 cm³/mol. The molecule has 1 N–H and O–H groups in total. The largest absolute Gasteiger partial charge is 0.504 e. The SMILES string of the molecule is CCN(Cc1cc(Cl)cc(OC)c1O)c1ccccc1C. The summed E-state index contributed by atoms with van der Waals surface area (Å²) in [4.78, 5) is 2.19. The first-order chi connectivity index (χ1) is 10.1. The Kier molecular flexibility index (Phi) is 4.97. The fraction of sp³-hybridized carbons (Fsp3) is 0.294. The first kappa shape index (κ1) is 15.5. The van der Waals surface area contributed by atoms with Crippen LogP contribution in [0.4, 0.5) is 5.69 Å². The zero-order chi connectivity index (χ0) is 15.4. The van der Waals surface area contributed by atoms with Crippen LogP contribution in [0.5, 0.6) is 11.5 Å². The topological polar surface area (TPSA) is 32.7 Å². The van der Waals surface area contributed by atoms with Crippen LogP contribution in [0.25, 0.3) is 0 Å². The van der Waals surface area contributed by atoms with E-state index in [1.807, 2.05) is 12.1 Å². The van der Waals surface area contributed by atoms with Crippen molar-refractivity contribution < 1.29 is 9.84 Å². The summed E-state index contributed by atoms with van der Waals surface area (Å²) < 4.78 is 5.16. The second-order valence-electron chi connectivity index (χ2n) is 4.92. The van der Waals surface area contributed by atoms with Gasteiger partial charge in [0.1, 0.15) is 0 Å². The second kappa shape index (κ2) is 6.72. The molecule has 0 heterocycles. The standard InChI is InChI=1S/C17H20ClNO2/c1-4-19(15-8-6-5-7-12(15)2)11-13-9-14(18)10-16(21-3)17(13)20/h5-10,20H,4,11H2,1-3H3. The Morgan fingerprint density at radius 3 is 2.57 bits per heavy atom. The molecule has 21 heavy (non-hydrogen) atoms. The van der Waals surface area contributed by atoms with Crippen molar-refractivity contribution in [2.24, 2.45) is 0 Å². The van der Waals surface area contributed by atoms with Crippen LogP contribution in [0.15, 0.2) is 36.4 Å². The number of phenols is 1. The van der Waals surface area contributed by atoms with Crippen LogP contribution in [0.3, 0.4) is 0 Å². The van der Waals surface area contributed by atoms with Gasteiger partial charge in [-0.05, 0) is 31.5 Å². The minimum absolute atomic E-state index is 0.147. The number of aromatic hydroxyl groups is 1. The van der Waals surface area contributed by atoms with E-state index in [-0.39, 0.29) is 5.75 Å². The third kappa shape index (κ3) is 3.42. The van der Waals surface area contributed by atoms with Crippen molar-refractivity contribution in [3.8, 4) is 11.5 Å². The Morgan fingerprint density at radius 1 is 1.24 bits per heavy atom. The highest BCUT2D eigenvalue weighted by Crippen LogP contribution is 2.35. The van der Waals surface area contributed by atoms with E-state index in [0.717, 1.165) is 17.8 Å². The van der Waals surface area contributed by atoms with E-state index < -0.39 is 0 Å². The smallest absolute Gasteiger partial charge is 0.162 e. The number of benzene rings is 2. The van der Waals surface area contributed by atoms with Gasteiger partial charge in [0.05, 0.1) is 7.11 Å². The molecule has 0 saturated heterocycles. The van der Waals surface area contributed by atoms with Gasteiger partial charge in [0, 0.05) is 35.4 Å². The third-order valence-electron chi connectivity index (χ3n) is 3.54. The lowest BCUT2D eigenvalue weighted by Crippen LogP contribution is -2.22. The van der Waals surface area contributed by atoms with Crippen LogP contribution < -0.4 is 9.64 Å². The Balaban J connectivity index is 2.36. The molecule has 2 aromatic rings. The Morgan fingerprint density at radius 2 is 1.95 bits per heavy atom. The van der Waals surface area contributed by atoms with E-state index in [1.54, 1.807) is 12.1 Å². The van der Waals surface area contributed by atoms with Gasteiger partial charge in [-0.25, -0.2) is 0 Å². The fourth-order valence-electron chi connectivity index (χ4n) is 2.40. The summed E-state index contributed by atoms with van der Waals surface area (Å²) in [5.74, 6) is 0.548. The summed E-state index contributed by atoms with van der Waals surface area (Å²) >= 11 is 6.10. The van der Waals surface area contributed by atoms with Crippen LogP contribution in [-0.2, 0) is 6.54 Å². The van der Waals surface area contributed by atoms with Gasteiger partial charge >= 0.3 is 0 Å². The quantitative estimate of drug-likeness (QED) is 0.889. The normalized spacial score (nSPS) is 10.5. The molecule has 0 bridgehead atoms. The van der Waals surface area contributed by atoms with Crippen molar-refractivity contribution in [2.45, 2.75) is 20.4 Å². The lowest BCUT2D eigenvalue weighted by Gasteiger charge is -2.25. The van der Waals surface area contributed by atoms with E-state index >= 15 is 0 Å². The highest BCUT2D eigenvalue weighted by molar-refractivity contribution is 6.30. The first-order valence-electron chi connectivity index (χ1n) is 6.92. The van der Waals surface area contributed by atoms with Gasteiger partial charge in [0.2, 0.25) is 0 Å². The van der Waals surface area contributed by atoms with E-state index in [2.05, 4.69) is 30.9 Å². The molecule has 4 heteroatoms. The molecule has 0 spiro atoms. The fourth-order valence-corrected chi connectivity index (χ4v) is 2.63. The molecule has 2 rings (SSSR count). The number of methoxy groups -OCH3 is 1. The molecule has 3 nitrogen and oxygen atoms in total. The molecule has 0 atom stereocenters. The summed E-state index contributed by atoms with van der Waals surface area (Å²) in [6.07, 6.45) is 0. The van der Waals surface area contributed by atoms with Crippen molar-refractivity contribution in [2.75, 3.05) is 18.6 Å². The number of hydrogen-bond donors (Lipinski definition) is 1. The van der Waals surface area contributed by atoms with Crippen molar-refractivity contribution in [3.05, 3.63) is 52.5 Å². The summed E-state index contributed by atoms with van der Waals surface area (Å²) in [5.41, 5.74) is 3.11. The van der Waals surface area contributed by atoms with E-state index in [9.17, 15) is 5.11 Å². The molecule has 112 valence electrons. The number of hydrogen-bond acceptors (Lipinski definition) is 3. The number of phenolic OH excluding ortho intramolecular Hbond substituents is 1. The molecule has 0 aliphatic rings. The number of rotatable bonds is 5. The van der Waals surface area contributed by atoms with Gasteiger partial charge < -0.3 is 14.7 Å². The zero-order valence-electron chi connectivity index (χ0n) is 12.6. The third-order valence-corrected chi connectivity index (χ3v) is 3.76. The Labute approximate surface area is 130 Å². The summed E-state index contributed by atoms with van der Waals surface area (Å²) in [7, 11) is 1.52. The number of ether oxygens (including phenoxy) is 1. The monoisotopic (exact) mass is 305 g/mol. The second-order valence-corrected chi connectivity index (χ2v) is 5.35. The lowest BCUT2D eigenvalue weighted by atomic mass is 10.1. The summed E-state index contributed by atoms with van der Waals surface area (Å²) in [5, 5.41) is 10.8. The van der Waals surface area contributed by atoms with Crippen molar-refractivity contribution in [1.29, 1.82) is 0 Å². The van der Waals surface area contributed by atoms with Gasteiger partial charge in [-0.15, -0.1) is 0 Å². The number of anilines is 1. The maximum Gasteiger partial charge on any atom is 0.162 e. The van der Waals surface area contributed by atoms with Gasteiger partial charge in [0.15, 0.2) is 11.5 Å². The molecule has 0 aliphatic heterocycles. The van der Waals surface area contributed by atoms with Gasteiger partial charge in [0.25, 0.3) is 0 Å². The Hall–Kier alpha value is -1.87. The van der Waals surface area contributed by atoms with Crippen LogP contribution >= 0.6 is 11.6 Å². The van der Waals surface area contributed by atoms with Crippen molar-refractivity contribution in [3.63, 3.8) is 0 Å². The average Bonchev–Trinajstić information content (AvgIpc) is 2.48. The molecule has 0 unspecified atom stereocenters. The number of para-hydroxylation sites is 1. The summed E-state index contributed by atoms with van der Waals surface area (Å²) in [6, 6.07) is 11.6. The van der Waals surface area contributed by atoms with E-state index in [4.69, 9.17) is 16.3 Å². The van der Waals surface area contributed by atoms with Gasteiger partial charge in [-0.3, -0.25) is 0 Å². The molecule has 0 radical (unpaired) electrons. The maximum atomic E-state index is 10.3. The molecule has 2 aromatic carbocycles. The maximum absolute atomic E-state index is 10.3. The Bertz CT molecular complexity index is 628. The molecule has 0 fully saturated rings. The highest BCUT2D eigenvalue weighted by Gasteiger charge is 2.14. The lowest BCUT2D eigenvalue weighted by molar-refractivity contribution is 0.370. The van der Waals surface area contributed by atoms with Crippen molar-refractivity contribution >= 4 is 17.3 Å². The zero-order valence-corrected chi connectivity index (χ0v) is 13.3. The van der Waals surface area contributed by atoms with Crippen LogP contribution in [-0.4, -0.2) is 18.8 Å². The number of aryl methyl sites for hydroxylation is 1. The van der Waals surface area contributed by atoms with Crippen LogP contribution in [0, 0.1) is 6.92 Å². The number of nitrogens with zero attached hydrogens (tertiary/aromatic N) is 1. The van der Waals surface area contributed by atoms with Crippen LogP contribution in [0.1, 0.15) is 18.1 Å². The molecule has 0 aliphatic carbocycles. The van der Waals surface area contributed by atoms with Crippen LogP contribution in [0.2, 0.25) is 5.02 Å². The molecule has 0 saturated carbocycles. The van der Waals surface area contributed by atoms with E-state index in [1.165, 1.54) is 12.7 Å². The van der Waals surface area contributed by atoms with E-state index in [0.29, 0.717) is 17.3 Å². The van der Waals surface area contributed by atoms with Gasteiger partial charge in [-0.2, -0.15) is 0 Å². The minimum atomic E-state index is 0.147. The highest BCUT2D eigenvalue weighted by atomic mass is 35.5. The number of halogens is 1. The molecular formula is C17H20ClNO2. The summed E-state index contributed by atoms with van der Waals surface area (Å²) in [6.45, 7) is 5.57. The van der Waals surface area contributed by atoms with Crippen molar-refractivity contribution in [1.82, 2.24) is 0 Å². The predicted octanol–water partition coefficient (Wildman–Crippen LogP) is 4.39.